The van der Waals surface area contributed by atoms with Crippen LogP contribution in [0.3, 0.4) is 0 Å². The molecule has 0 saturated heterocycles. The van der Waals surface area contributed by atoms with Crippen molar-refractivity contribution in [2.45, 2.75) is 4.90 Å². The van der Waals surface area contributed by atoms with Crippen molar-refractivity contribution < 1.29 is 82.5 Å². The van der Waals surface area contributed by atoms with Crippen LogP contribution in [0, 0.1) is 0 Å². The first kappa shape index (κ1) is 22.0. The summed E-state index contributed by atoms with van der Waals surface area (Å²) in [7, 11) is 1.50. The van der Waals surface area contributed by atoms with Crippen molar-refractivity contribution in [2.24, 2.45) is 0 Å². The number of benzene rings is 1. The van der Waals surface area contributed by atoms with Crippen molar-refractivity contribution in [1.82, 2.24) is 0 Å². The standard InChI is InChI=1S/C6H5ClO2S.CH2O3.2Na/c7-10(8,9)6-4-2-1-3-5-6;2-1(3)4;;/h1-5H;(H2,2,3,4);;/q;;2*+1/p-2. The smallest absolute Gasteiger partial charge is 0.652 e. The maximum Gasteiger partial charge on any atom is 1.00 e. The molecule has 0 aliphatic rings. The molecule has 1 aromatic rings. The van der Waals surface area contributed by atoms with E-state index >= 15 is 0 Å². The van der Waals surface area contributed by atoms with Crippen LogP contribution in [0.2, 0.25) is 0 Å². The molecule has 1 rings (SSSR count). The van der Waals surface area contributed by atoms with Crippen molar-refractivity contribution in [2.75, 3.05) is 0 Å². The monoisotopic (exact) mass is 282 g/mol. The first-order valence-electron chi connectivity index (χ1n) is 3.21. The summed E-state index contributed by atoms with van der Waals surface area (Å²) in [6, 6.07) is 7.86. The number of halogens is 1. The van der Waals surface area contributed by atoms with Crippen molar-refractivity contribution in [3.63, 3.8) is 0 Å². The minimum absolute atomic E-state index is 0. The van der Waals surface area contributed by atoms with Gasteiger partial charge in [-0.25, -0.2) is 8.42 Å². The molecule has 5 nitrogen and oxygen atoms in total. The van der Waals surface area contributed by atoms with Gasteiger partial charge in [-0.2, -0.15) is 0 Å². The molecule has 0 aromatic heterocycles. The fourth-order valence-corrected chi connectivity index (χ4v) is 1.37. The molecule has 0 aliphatic carbocycles. The fourth-order valence-electron chi connectivity index (χ4n) is 0.583. The van der Waals surface area contributed by atoms with Crippen molar-refractivity contribution in [3.05, 3.63) is 30.3 Å². The maximum atomic E-state index is 10.6. The second-order valence-electron chi connectivity index (χ2n) is 2.00. The van der Waals surface area contributed by atoms with Gasteiger partial charge in [-0.05, 0) is 18.3 Å². The molecule has 78 valence electrons. The predicted molar refractivity (Wildman–Crippen MR) is 44.9 cm³/mol. The summed E-state index contributed by atoms with van der Waals surface area (Å²) in [5.74, 6) is 0. The molecule has 0 amide bonds. The zero-order chi connectivity index (χ0) is 11.2. The molecule has 1 aromatic carbocycles. The minimum atomic E-state index is -3.53. The molecule has 9 heteroatoms. The molecule has 0 heterocycles. The topological polar surface area (TPSA) is 97.3 Å². The maximum absolute atomic E-state index is 10.6. The van der Waals surface area contributed by atoms with Gasteiger partial charge in [0, 0.05) is 10.7 Å². The van der Waals surface area contributed by atoms with E-state index in [-0.39, 0.29) is 64.0 Å². The molecule has 0 saturated carbocycles. The van der Waals surface area contributed by atoms with Gasteiger partial charge in [0.05, 0.1) is 4.90 Å². The van der Waals surface area contributed by atoms with Crippen LogP contribution in [0.4, 0.5) is 4.79 Å². The van der Waals surface area contributed by atoms with E-state index in [1.807, 2.05) is 0 Å². The van der Waals surface area contributed by atoms with E-state index in [1.54, 1.807) is 18.2 Å². The summed E-state index contributed by atoms with van der Waals surface area (Å²) in [5, 5.41) is 16.7. The van der Waals surface area contributed by atoms with E-state index in [0.717, 1.165) is 0 Å². The van der Waals surface area contributed by atoms with Crippen LogP contribution in [0.5, 0.6) is 0 Å². The molecular formula is C7H5ClNa2O5S. The van der Waals surface area contributed by atoms with Crippen LogP contribution < -0.4 is 69.3 Å². The van der Waals surface area contributed by atoms with Crippen molar-refractivity contribution in [3.8, 4) is 0 Å². The Balaban J connectivity index is -0.000000249. The second kappa shape index (κ2) is 10.9. The Labute approximate surface area is 142 Å². The van der Waals surface area contributed by atoms with Gasteiger partial charge in [0.2, 0.25) is 0 Å². The first-order chi connectivity index (χ1) is 6.34. The summed E-state index contributed by atoms with van der Waals surface area (Å²) in [6.07, 6.45) is -2.33. The molecule has 0 atom stereocenters. The zero-order valence-corrected chi connectivity index (χ0v) is 14.3. The third kappa shape index (κ3) is 12.8. The SMILES string of the molecule is O=C([O-])[O-].O=S(=O)(Cl)c1ccccc1.[Na+].[Na+]. The first-order valence-corrected chi connectivity index (χ1v) is 5.52. The van der Waals surface area contributed by atoms with Crippen LogP contribution in [0.1, 0.15) is 0 Å². The Hall–Kier alpha value is 0.730. The summed E-state index contributed by atoms with van der Waals surface area (Å²) in [5.41, 5.74) is 0. The minimum Gasteiger partial charge on any atom is -0.652 e. The molecule has 0 aliphatic heterocycles. The molecule has 0 radical (unpaired) electrons. The number of carbonyl (C=O) groups excluding carboxylic acids is 1. The Morgan fingerprint density at radius 1 is 1.06 bits per heavy atom. The third-order valence-electron chi connectivity index (χ3n) is 1.02. The number of hydrogen-bond acceptors (Lipinski definition) is 5. The average molecular weight is 283 g/mol. The summed E-state index contributed by atoms with van der Waals surface area (Å²) in [6.45, 7) is 0. The van der Waals surface area contributed by atoms with Gasteiger partial charge in [0.15, 0.2) is 0 Å². The van der Waals surface area contributed by atoms with Crippen LogP contribution >= 0.6 is 10.7 Å². The molecule has 0 unspecified atom stereocenters. The summed E-state index contributed by atoms with van der Waals surface area (Å²) in [4.78, 5) is 8.47. The van der Waals surface area contributed by atoms with Gasteiger partial charge in [-0.1, -0.05) is 18.2 Å². The van der Waals surface area contributed by atoms with Gasteiger partial charge in [0.25, 0.3) is 9.05 Å². The Bertz CT molecular complexity index is 390. The van der Waals surface area contributed by atoms with Crippen LogP contribution in [0.15, 0.2) is 35.2 Å². The molecular weight excluding hydrogens is 278 g/mol. The quantitative estimate of drug-likeness (QED) is 0.377. The average Bonchev–Trinajstić information content (AvgIpc) is 2.03. The number of hydrogen-bond donors (Lipinski definition) is 0. The third-order valence-corrected chi connectivity index (χ3v) is 2.39. The molecule has 0 spiro atoms. The zero-order valence-electron chi connectivity index (χ0n) is 8.71. The van der Waals surface area contributed by atoms with Gasteiger partial charge in [0.1, 0.15) is 0 Å². The van der Waals surface area contributed by atoms with E-state index in [0.29, 0.717) is 0 Å². The number of carbonyl (C=O) groups is 1. The van der Waals surface area contributed by atoms with Crippen molar-refractivity contribution in [1.29, 1.82) is 0 Å². The number of rotatable bonds is 1. The van der Waals surface area contributed by atoms with Gasteiger partial charge in [-0.15, -0.1) is 0 Å². The van der Waals surface area contributed by atoms with Gasteiger partial charge < -0.3 is 15.0 Å². The van der Waals surface area contributed by atoms with E-state index in [1.165, 1.54) is 12.1 Å². The largest absolute Gasteiger partial charge is 1.00 e. The van der Waals surface area contributed by atoms with Crippen molar-refractivity contribution >= 4 is 25.9 Å². The van der Waals surface area contributed by atoms with E-state index in [9.17, 15) is 8.42 Å². The second-order valence-corrected chi connectivity index (χ2v) is 4.57. The Morgan fingerprint density at radius 2 is 1.38 bits per heavy atom. The van der Waals surface area contributed by atoms with Crippen LogP contribution in [0.25, 0.3) is 0 Å². The molecule has 16 heavy (non-hydrogen) atoms. The van der Waals surface area contributed by atoms with E-state index < -0.39 is 15.2 Å². The van der Waals surface area contributed by atoms with Crippen LogP contribution in [-0.2, 0) is 9.05 Å². The summed E-state index contributed by atoms with van der Waals surface area (Å²) >= 11 is 0. The Morgan fingerprint density at radius 3 is 1.56 bits per heavy atom. The Kier molecular flexibility index (Phi) is 14.9. The predicted octanol–water partition coefficient (Wildman–Crippen LogP) is -6.82. The summed E-state index contributed by atoms with van der Waals surface area (Å²) < 4.78 is 21.2. The fraction of sp³-hybridized carbons (Fsp3) is 0. The molecule has 0 N–H and O–H groups in total. The van der Waals surface area contributed by atoms with Gasteiger partial charge >= 0.3 is 59.1 Å². The molecule has 0 bridgehead atoms. The number of carboxylic acid groups (broad SMARTS) is 2. The van der Waals surface area contributed by atoms with E-state index in [4.69, 9.17) is 25.7 Å². The normalized spacial score (nSPS) is 8.56. The van der Waals surface area contributed by atoms with Crippen LogP contribution in [-0.4, -0.2) is 14.6 Å². The van der Waals surface area contributed by atoms with Gasteiger partial charge in [-0.3, -0.25) is 0 Å². The van der Waals surface area contributed by atoms with E-state index in [2.05, 4.69) is 0 Å². The molecule has 0 fully saturated rings.